The van der Waals surface area contributed by atoms with Crippen LogP contribution in [0.1, 0.15) is 5.56 Å². The summed E-state index contributed by atoms with van der Waals surface area (Å²) in [5, 5.41) is 9.67. The second-order valence-corrected chi connectivity index (χ2v) is 3.55. The monoisotopic (exact) mass is 199 g/mol. The van der Waals surface area contributed by atoms with Crippen molar-refractivity contribution in [1.29, 1.82) is 0 Å². The number of rotatable bonds is 4. The van der Waals surface area contributed by atoms with Crippen LogP contribution in [0.5, 0.6) is 0 Å². The Morgan fingerprint density at radius 2 is 1.92 bits per heavy atom. The SMILES string of the molecule is NCC(CO)Cc1ccc(Cl)cc1. The highest BCUT2D eigenvalue weighted by Gasteiger charge is 2.05. The average molecular weight is 200 g/mol. The van der Waals surface area contributed by atoms with E-state index in [0.29, 0.717) is 6.54 Å². The van der Waals surface area contributed by atoms with Crippen LogP contribution in [0.15, 0.2) is 24.3 Å². The molecule has 1 aromatic rings. The summed E-state index contributed by atoms with van der Waals surface area (Å²) in [5.74, 6) is 0.154. The molecular weight excluding hydrogens is 186 g/mol. The van der Waals surface area contributed by atoms with Gasteiger partial charge >= 0.3 is 0 Å². The standard InChI is InChI=1S/C10H14ClNO/c11-10-3-1-8(2-4-10)5-9(6-12)7-13/h1-4,9,13H,5-7,12H2. The molecule has 72 valence electrons. The Hall–Kier alpha value is -0.570. The normalized spacial score (nSPS) is 12.8. The lowest BCUT2D eigenvalue weighted by Gasteiger charge is -2.10. The lowest BCUT2D eigenvalue weighted by molar-refractivity contribution is 0.230. The summed E-state index contributed by atoms with van der Waals surface area (Å²) < 4.78 is 0. The summed E-state index contributed by atoms with van der Waals surface area (Å²) in [4.78, 5) is 0. The number of hydrogen-bond acceptors (Lipinski definition) is 2. The molecule has 0 saturated carbocycles. The Morgan fingerprint density at radius 3 is 2.38 bits per heavy atom. The number of benzene rings is 1. The zero-order valence-electron chi connectivity index (χ0n) is 7.41. The Morgan fingerprint density at radius 1 is 1.31 bits per heavy atom. The minimum Gasteiger partial charge on any atom is -0.396 e. The third-order valence-corrected chi connectivity index (χ3v) is 2.28. The summed E-state index contributed by atoms with van der Waals surface area (Å²) in [7, 11) is 0. The third-order valence-electron chi connectivity index (χ3n) is 2.03. The maximum atomic E-state index is 8.94. The van der Waals surface area contributed by atoms with E-state index in [2.05, 4.69) is 0 Å². The van der Waals surface area contributed by atoms with Crippen LogP contribution >= 0.6 is 11.6 Å². The fraction of sp³-hybridized carbons (Fsp3) is 0.400. The van der Waals surface area contributed by atoms with Gasteiger partial charge in [-0.3, -0.25) is 0 Å². The van der Waals surface area contributed by atoms with Crippen molar-refractivity contribution < 1.29 is 5.11 Å². The van der Waals surface area contributed by atoms with Crippen molar-refractivity contribution in [2.75, 3.05) is 13.2 Å². The second kappa shape index (κ2) is 5.22. The van der Waals surface area contributed by atoms with Gasteiger partial charge in [-0.25, -0.2) is 0 Å². The van der Waals surface area contributed by atoms with E-state index in [1.54, 1.807) is 0 Å². The first kappa shape index (κ1) is 10.5. The molecule has 0 saturated heterocycles. The molecule has 1 unspecified atom stereocenters. The lowest BCUT2D eigenvalue weighted by atomic mass is 10.0. The molecular formula is C10H14ClNO. The third kappa shape index (κ3) is 3.35. The zero-order chi connectivity index (χ0) is 9.68. The van der Waals surface area contributed by atoms with E-state index in [-0.39, 0.29) is 12.5 Å². The molecule has 0 aliphatic heterocycles. The number of nitrogens with two attached hydrogens (primary N) is 1. The van der Waals surface area contributed by atoms with Gasteiger partial charge in [0.2, 0.25) is 0 Å². The average Bonchev–Trinajstić information content (AvgIpc) is 2.17. The molecule has 0 fully saturated rings. The van der Waals surface area contributed by atoms with E-state index >= 15 is 0 Å². The molecule has 0 aliphatic carbocycles. The van der Waals surface area contributed by atoms with Gasteiger partial charge in [0.1, 0.15) is 0 Å². The Labute approximate surface area is 83.3 Å². The van der Waals surface area contributed by atoms with Gasteiger partial charge in [-0.2, -0.15) is 0 Å². The quantitative estimate of drug-likeness (QED) is 0.771. The van der Waals surface area contributed by atoms with Crippen LogP contribution in [0.2, 0.25) is 5.02 Å². The summed E-state index contributed by atoms with van der Waals surface area (Å²) in [6.45, 7) is 0.651. The summed E-state index contributed by atoms with van der Waals surface area (Å²) >= 11 is 5.74. The van der Waals surface area contributed by atoms with Crippen LogP contribution in [-0.2, 0) is 6.42 Å². The predicted octanol–water partition coefficient (Wildman–Crippen LogP) is 1.45. The molecule has 13 heavy (non-hydrogen) atoms. The van der Waals surface area contributed by atoms with Crippen molar-refractivity contribution in [2.45, 2.75) is 6.42 Å². The van der Waals surface area contributed by atoms with Gasteiger partial charge in [0.05, 0.1) is 0 Å². The second-order valence-electron chi connectivity index (χ2n) is 3.11. The molecule has 0 amide bonds. The van der Waals surface area contributed by atoms with Crippen molar-refractivity contribution in [2.24, 2.45) is 11.7 Å². The molecule has 0 aliphatic rings. The highest BCUT2D eigenvalue weighted by molar-refractivity contribution is 6.30. The van der Waals surface area contributed by atoms with E-state index in [0.717, 1.165) is 17.0 Å². The molecule has 0 aromatic heterocycles. The maximum Gasteiger partial charge on any atom is 0.0474 e. The van der Waals surface area contributed by atoms with E-state index in [9.17, 15) is 0 Å². The van der Waals surface area contributed by atoms with Gasteiger partial charge < -0.3 is 10.8 Å². The fourth-order valence-corrected chi connectivity index (χ4v) is 1.30. The van der Waals surface area contributed by atoms with Crippen molar-refractivity contribution >= 4 is 11.6 Å². The topological polar surface area (TPSA) is 46.2 Å². The van der Waals surface area contributed by atoms with E-state index in [1.165, 1.54) is 0 Å². The molecule has 1 rings (SSSR count). The Bertz CT molecular complexity index is 244. The van der Waals surface area contributed by atoms with Crippen LogP contribution in [-0.4, -0.2) is 18.3 Å². The molecule has 1 aromatic carbocycles. The number of halogens is 1. The van der Waals surface area contributed by atoms with Crippen molar-refractivity contribution in [3.63, 3.8) is 0 Å². The summed E-state index contributed by atoms with van der Waals surface area (Å²) in [6, 6.07) is 7.62. The van der Waals surface area contributed by atoms with Gasteiger partial charge in [0.15, 0.2) is 0 Å². The molecule has 3 N–H and O–H groups in total. The maximum absolute atomic E-state index is 8.94. The molecule has 0 bridgehead atoms. The first-order valence-corrected chi connectivity index (χ1v) is 4.69. The highest BCUT2D eigenvalue weighted by Crippen LogP contribution is 2.12. The molecule has 0 heterocycles. The van der Waals surface area contributed by atoms with Crippen LogP contribution in [0.4, 0.5) is 0 Å². The van der Waals surface area contributed by atoms with E-state index in [4.69, 9.17) is 22.4 Å². The smallest absolute Gasteiger partial charge is 0.0474 e. The van der Waals surface area contributed by atoms with E-state index in [1.807, 2.05) is 24.3 Å². The lowest BCUT2D eigenvalue weighted by Crippen LogP contribution is -2.20. The van der Waals surface area contributed by atoms with E-state index < -0.39 is 0 Å². The number of hydrogen-bond donors (Lipinski definition) is 2. The zero-order valence-corrected chi connectivity index (χ0v) is 8.17. The van der Waals surface area contributed by atoms with Gasteiger partial charge in [-0.15, -0.1) is 0 Å². The van der Waals surface area contributed by atoms with Crippen molar-refractivity contribution in [3.05, 3.63) is 34.9 Å². The summed E-state index contributed by atoms with van der Waals surface area (Å²) in [6.07, 6.45) is 0.810. The first-order chi connectivity index (χ1) is 6.26. The molecule has 0 radical (unpaired) electrons. The Balaban J connectivity index is 2.58. The first-order valence-electron chi connectivity index (χ1n) is 4.31. The number of aliphatic hydroxyl groups is 1. The molecule has 0 spiro atoms. The highest BCUT2D eigenvalue weighted by atomic mass is 35.5. The van der Waals surface area contributed by atoms with Crippen LogP contribution in [0.3, 0.4) is 0 Å². The van der Waals surface area contributed by atoms with Crippen LogP contribution in [0, 0.1) is 5.92 Å². The van der Waals surface area contributed by atoms with Crippen molar-refractivity contribution in [3.8, 4) is 0 Å². The Kier molecular flexibility index (Phi) is 4.22. The number of aliphatic hydroxyl groups excluding tert-OH is 1. The van der Waals surface area contributed by atoms with Gasteiger partial charge in [0.25, 0.3) is 0 Å². The van der Waals surface area contributed by atoms with Gasteiger partial charge in [-0.05, 0) is 36.6 Å². The molecule has 3 heteroatoms. The van der Waals surface area contributed by atoms with Crippen LogP contribution < -0.4 is 5.73 Å². The van der Waals surface area contributed by atoms with Crippen molar-refractivity contribution in [1.82, 2.24) is 0 Å². The fourth-order valence-electron chi connectivity index (χ4n) is 1.18. The minimum absolute atomic E-state index is 0.138. The molecule has 2 nitrogen and oxygen atoms in total. The molecule has 1 atom stereocenters. The minimum atomic E-state index is 0.138. The van der Waals surface area contributed by atoms with Gasteiger partial charge in [-0.1, -0.05) is 23.7 Å². The predicted molar refractivity (Wildman–Crippen MR) is 54.8 cm³/mol. The largest absolute Gasteiger partial charge is 0.396 e. The summed E-state index contributed by atoms with van der Waals surface area (Å²) in [5.41, 5.74) is 6.64. The van der Waals surface area contributed by atoms with Crippen LogP contribution in [0.25, 0.3) is 0 Å². The van der Waals surface area contributed by atoms with Gasteiger partial charge in [0, 0.05) is 11.6 Å².